The average molecular weight is 440 g/mol. The van der Waals surface area contributed by atoms with Gasteiger partial charge in [0.1, 0.15) is 5.75 Å². The summed E-state index contributed by atoms with van der Waals surface area (Å²) in [6, 6.07) is 21.9. The Bertz CT molecular complexity index is 1360. The van der Waals surface area contributed by atoms with E-state index in [1.54, 1.807) is 41.3 Å². The maximum atomic E-state index is 13.5. The fourth-order valence-electron chi connectivity index (χ4n) is 4.60. The van der Waals surface area contributed by atoms with Crippen LogP contribution >= 0.6 is 0 Å². The number of nitrogens with one attached hydrogen (secondary N) is 1. The van der Waals surface area contributed by atoms with Gasteiger partial charge in [0.05, 0.1) is 19.2 Å². The molecule has 33 heavy (non-hydrogen) atoms. The molecular weight excluding hydrogens is 416 g/mol. The van der Waals surface area contributed by atoms with Gasteiger partial charge in [0.25, 0.3) is 5.91 Å². The molecule has 0 bridgehead atoms. The van der Waals surface area contributed by atoms with Crippen LogP contribution in [0.1, 0.15) is 27.9 Å². The highest BCUT2D eigenvalue weighted by Crippen LogP contribution is 2.43. The van der Waals surface area contributed by atoms with Crippen LogP contribution in [0.2, 0.25) is 0 Å². The van der Waals surface area contributed by atoms with E-state index in [0.717, 1.165) is 16.5 Å². The lowest BCUT2D eigenvalue weighted by Crippen LogP contribution is -2.42. The number of methoxy groups -OCH3 is 1. The van der Waals surface area contributed by atoms with Crippen molar-refractivity contribution in [1.82, 2.24) is 4.98 Å². The molecule has 6 heteroatoms. The van der Waals surface area contributed by atoms with E-state index in [-0.39, 0.29) is 12.2 Å². The first-order chi connectivity index (χ1) is 16.0. The zero-order valence-electron chi connectivity index (χ0n) is 18.2. The molecule has 0 radical (unpaired) electrons. The van der Waals surface area contributed by atoms with Crippen molar-refractivity contribution in [1.29, 1.82) is 0 Å². The Morgan fingerprint density at radius 2 is 1.85 bits per heavy atom. The Balaban J connectivity index is 1.42. The van der Waals surface area contributed by atoms with Crippen LogP contribution in [0.3, 0.4) is 0 Å². The lowest BCUT2D eigenvalue weighted by molar-refractivity contribution is -0.135. The van der Waals surface area contributed by atoms with Gasteiger partial charge in [-0.3, -0.25) is 9.59 Å². The van der Waals surface area contributed by atoms with Crippen molar-refractivity contribution in [3.63, 3.8) is 0 Å². The number of carbonyl (C=O) groups excluding carboxylic acids is 2. The van der Waals surface area contributed by atoms with Crippen LogP contribution in [0.5, 0.6) is 5.75 Å². The molecule has 0 unspecified atom stereocenters. The number of hydrogen-bond acceptors (Lipinski definition) is 4. The fourth-order valence-corrected chi connectivity index (χ4v) is 4.60. The van der Waals surface area contributed by atoms with Crippen molar-refractivity contribution >= 4 is 28.3 Å². The summed E-state index contributed by atoms with van der Waals surface area (Å²) >= 11 is 0. The number of nitrogens with zero attached hydrogens (tertiary/aromatic N) is 1. The van der Waals surface area contributed by atoms with Crippen LogP contribution < -0.4 is 9.64 Å². The zero-order chi connectivity index (χ0) is 23.0. The van der Waals surface area contributed by atoms with Crippen molar-refractivity contribution < 1.29 is 19.4 Å². The number of ether oxygens (including phenoxy) is 1. The number of fused-ring (bicyclic) bond motifs is 2. The molecule has 2 heterocycles. The maximum Gasteiger partial charge on any atom is 0.264 e. The Kier molecular flexibility index (Phi) is 5.23. The third kappa shape index (κ3) is 3.58. The van der Waals surface area contributed by atoms with Gasteiger partial charge < -0.3 is 19.7 Å². The van der Waals surface area contributed by atoms with Crippen molar-refractivity contribution in [2.75, 3.05) is 18.6 Å². The molecule has 0 spiro atoms. The molecule has 4 aromatic rings. The van der Waals surface area contributed by atoms with Gasteiger partial charge in [-0.15, -0.1) is 0 Å². The number of H-pyrrole nitrogens is 1. The fraction of sp³-hybridized carbons (Fsp3) is 0.185. The van der Waals surface area contributed by atoms with Gasteiger partial charge in [-0.25, -0.2) is 0 Å². The second-order valence-corrected chi connectivity index (χ2v) is 8.28. The van der Waals surface area contributed by atoms with Crippen molar-refractivity contribution in [2.45, 2.75) is 18.4 Å². The molecule has 1 amide bonds. The van der Waals surface area contributed by atoms with E-state index in [1.165, 1.54) is 7.11 Å². The highest BCUT2D eigenvalue weighted by Gasteiger charge is 2.50. The van der Waals surface area contributed by atoms with E-state index >= 15 is 0 Å². The smallest absolute Gasteiger partial charge is 0.264 e. The standard InChI is InChI=1S/C27H24N2O4/c1-33-20-8-6-7-18(15-20)25(30)16-27(32)22-10-3-5-12-24(22)29(26(27)31)14-13-19-17-28-23-11-4-2-9-21(19)23/h2-12,15,17,28,32H,13-14,16H2,1H3/t27-/m1/s1. The molecular formula is C27H24N2O4. The molecule has 3 aromatic carbocycles. The second-order valence-electron chi connectivity index (χ2n) is 8.28. The van der Waals surface area contributed by atoms with Crippen LogP contribution in [0.25, 0.3) is 10.9 Å². The molecule has 1 aliphatic heterocycles. The first kappa shape index (κ1) is 21.0. The number of aromatic amines is 1. The molecule has 5 rings (SSSR count). The summed E-state index contributed by atoms with van der Waals surface area (Å²) in [6.07, 6.45) is 2.24. The quantitative estimate of drug-likeness (QED) is 0.422. The number of Topliss-reactive ketones (excluding diaryl/α,β-unsaturated/α-hetero) is 1. The molecule has 1 aliphatic rings. The number of anilines is 1. The first-order valence-electron chi connectivity index (χ1n) is 10.9. The average Bonchev–Trinajstić information content (AvgIpc) is 3.35. The number of para-hydroxylation sites is 2. The predicted octanol–water partition coefficient (Wildman–Crippen LogP) is 4.23. The van der Waals surface area contributed by atoms with E-state index in [2.05, 4.69) is 4.98 Å². The number of rotatable bonds is 7. The Hall–Kier alpha value is -3.90. The monoisotopic (exact) mass is 440 g/mol. The van der Waals surface area contributed by atoms with Crippen molar-refractivity contribution in [2.24, 2.45) is 0 Å². The molecule has 0 saturated heterocycles. The maximum absolute atomic E-state index is 13.5. The molecule has 0 saturated carbocycles. The normalized spacial score (nSPS) is 17.4. The first-order valence-corrected chi connectivity index (χ1v) is 10.9. The summed E-state index contributed by atoms with van der Waals surface area (Å²) in [4.78, 5) is 31.4. The summed E-state index contributed by atoms with van der Waals surface area (Å²) in [5.74, 6) is -0.246. The van der Waals surface area contributed by atoms with Gasteiger partial charge in [0, 0.05) is 34.8 Å². The van der Waals surface area contributed by atoms with Crippen molar-refractivity contribution in [3.05, 3.63) is 95.7 Å². The van der Waals surface area contributed by atoms with Crippen LogP contribution in [0.4, 0.5) is 5.69 Å². The van der Waals surface area contributed by atoms with Gasteiger partial charge >= 0.3 is 0 Å². The van der Waals surface area contributed by atoms with Gasteiger partial charge in [-0.05, 0) is 36.2 Å². The zero-order valence-corrected chi connectivity index (χ0v) is 18.2. The summed E-state index contributed by atoms with van der Waals surface area (Å²) in [5.41, 5.74) is 1.73. The molecule has 6 nitrogen and oxygen atoms in total. The number of hydrogen-bond donors (Lipinski definition) is 2. The Labute approximate surface area is 191 Å². The summed E-state index contributed by atoms with van der Waals surface area (Å²) in [5, 5.41) is 12.6. The minimum absolute atomic E-state index is 0.321. The summed E-state index contributed by atoms with van der Waals surface area (Å²) < 4.78 is 5.20. The molecule has 2 N–H and O–H groups in total. The van der Waals surface area contributed by atoms with Gasteiger partial charge in [-0.2, -0.15) is 0 Å². The number of aromatic nitrogens is 1. The Morgan fingerprint density at radius 1 is 1.06 bits per heavy atom. The molecule has 1 aromatic heterocycles. The van der Waals surface area contributed by atoms with E-state index in [9.17, 15) is 14.7 Å². The van der Waals surface area contributed by atoms with Crippen LogP contribution in [0.15, 0.2) is 79.0 Å². The minimum atomic E-state index is -1.91. The third-order valence-electron chi connectivity index (χ3n) is 6.33. The van der Waals surface area contributed by atoms with E-state index < -0.39 is 11.5 Å². The van der Waals surface area contributed by atoms with Crippen LogP contribution in [-0.2, 0) is 16.8 Å². The van der Waals surface area contributed by atoms with Crippen LogP contribution in [0, 0.1) is 0 Å². The highest BCUT2D eigenvalue weighted by molar-refractivity contribution is 6.10. The number of amides is 1. The lowest BCUT2D eigenvalue weighted by atomic mass is 9.88. The lowest BCUT2D eigenvalue weighted by Gasteiger charge is -2.23. The number of benzene rings is 3. The predicted molar refractivity (Wildman–Crippen MR) is 127 cm³/mol. The van der Waals surface area contributed by atoms with E-state index in [0.29, 0.717) is 35.5 Å². The summed E-state index contributed by atoms with van der Waals surface area (Å²) in [6.45, 7) is 0.396. The van der Waals surface area contributed by atoms with Gasteiger partial charge in [-0.1, -0.05) is 48.5 Å². The molecule has 1 atom stereocenters. The SMILES string of the molecule is COc1cccc(C(=O)C[C@]2(O)C(=O)N(CCc3c[nH]c4ccccc34)c3ccccc32)c1. The highest BCUT2D eigenvalue weighted by atomic mass is 16.5. The van der Waals surface area contributed by atoms with E-state index in [4.69, 9.17) is 4.74 Å². The van der Waals surface area contributed by atoms with Gasteiger partial charge in [0.15, 0.2) is 11.4 Å². The number of ketones is 1. The second kappa shape index (κ2) is 8.22. The topological polar surface area (TPSA) is 82.6 Å². The third-order valence-corrected chi connectivity index (χ3v) is 6.33. The summed E-state index contributed by atoms with van der Waals surface area (Å²) in [7, 11) is 1.53. The van der Waals surface area contributed by atoms with Crippen LogP contribution in [-0.4, -0.2) is 35.4 Å². The van der Waals surface area contributed by atoms with Gasteiger partial charge in [0.2, 0.25) is 0 Å². The molecule has 166 valence electrons. The number of carbonyl (C=O) groups is 2. The molecule has 0 aliphatic carbocycles. The minimum Gasteiger partial charge on any atom is -0.497 e. The van der Waals surface area contributed by atoms with E-state index in [1.807, 2.05) is 42.6 Å². The molecule has 0 fully saturated rings. The Morgan fingerprint density at radius 3 is 2.70 bits per heavy atom. The number of aliphatic hydroxyl groups is 1. The largest absolute Gasteiger partial charge is 0.497 e. The van der Waals surface area contributed by atoms with Crippen molar-refractivity contribution in [3.8, 4) is 5.75 Å².